The standard InChI is InChI=1S/C14H21FN2O2S/c1-6-7-12(17-20(18)14(2,3)4)11-8-10(15)9-16-13(11)19-5/h6,8-9,12,17H,1,7H2,2-5H3/t12?,20-/m0/s1. The van der Waals surface area contributed by atoms with E-state index in [2.05, 4.69) is 16.3 Å². The number of hydrogen-bond donors (Lipinski definition) is 1. The van der Waals surface area contributed by atoms with Crippen LogP contribution < -0.4 is 9.46 Å². The van der Waals surface area contributed by atoms with Gasteiger partial charge in [0.1, 0.15) is 10.6 Å². The van der Waals surface area contributed by atoms with Crippen LogP contribution in [0.15, 0.2) is 24.9 Å². The molecule has 2 atom stereocenters. The highest BCUT2D eigenvalue weighted by atomic mass is 32.2. The van der Waals surface area contributed by atoms with Gasteiger partial charge in [-0.2, -0.15) is 0 Å². The summed E-state index contributed by atoms with van der Waals surface area (Å²) in [6.07, 6.45) is 3.26. The molecular formula is C14H21FN2O2S. The molecule has 0 fully saturated rings. The summed E-state index contributed by atoms with van der Waals surface area (Å²) in [6, 6.07) is 0.970. The molecule has 0 spiro atoms. The minimum absolute atomic E-state index is 0.316. The average Bonchev–Trinajstić information content (AvgIpc) is 2.37. The van der Waals surface area contributed by atoms with Gasteiger partial charge >= 0.3 is 0 Å². The Bertz CT molecular complexity index is 463. The van der Waals surface area contributed by atoms with Crippen molar-refractivity contribution in [2.75, 3.05) is 7.11 Å². The zero-order chi connectivity index (χ0) is 15.3. The maximum absolute atomic E-state index is 13.4. The minimum atomic E-state index is -1.29. The Labute approximate surface area is 122 Å². The molecule has 0 saturated carbocycles. The molecular weight excluding hydrogens is 279 g/mol. The predicted octanol–water partition coefficient (Wildman–Crippen LogP) is 2.90. The smallest absolute Gasteiger partial charge is 0.218 e. The molecule has 0 aliphatic heterocycles. The molecule has 0 radical (unpaired) electrons. The van der Waals surface area contributed by atoms with Crippen molar-refractivity contribution >= 4 is 11.4 Å². The van der Waals surface area contributed by atoms with Crippen molar-refractivity contribution in [1.29, 1.82) is 0 Å². The van der Waals surface area contributed by atoms with Crippen LogP contribution in [0.1, 0.15) is 38.8 Å². The summed E-state index contributed by atoms with van der Waals surface area (Å²) < 4.78 is 33.3. The Kier molecular flexibility index (Phi) is 5.98. The molecule has 6 heteroatoms. The second-order valence-corrected chi connectivity index (χ2v) is 7.33. The average molecular weight is 300 g/mol. The summed E-state index contributed by atoms with van der Waals surface area (Å²) in [5, 5.41) is 0. The molecule has 0 aliphatic carbocycles. The third-order valence-corrected chi connectivity index (χ3v) is 4.23. The van der Waals surface area contributed by atoms with Crippen molar-refractivity contribution in [2.45, 2.75) is 38.0 Å². The highest BCUT2D eigenvalue weighted by Gasteiger charge is 2.30. The number of halogens is 1. The van der Waals surface area contributed by atoms with Gasteiger partial charge in [-0.05, 0) is 33.3 Å². The lowest BCUT2D eigenvalue weighted by atomic mass is 10.1. The molecule has 0 aliphatic rings. The van der Waals surface area contributed by atoms with Crippen LogP contribution >= 0.6 is 0 Å². The number of aromatic nitrogens is 1. The van der Waals surface area contributed by atoms with E-state index in [0.29, 0.717) is 17.9 Å². The molecule has 1 heterocycles. The van der Waals surface area contributed by atoms with Crippen molar-refractivity contribution in [3.05, 3.63) is 36.3 Å². The first-order chi connectivity index (χ1) is 9.29. The van der Waals surface area contributed by atoms with Crippen LogP contribution in [-0.4, -0.2) is 21.4 Å². The van der Waals surface area contributed by atoms with Crippen molar-refractivity contribution in [1.82, 2.24) is 9.71 Å². The maximum atomic E-state index is 13.4. The molecule has 1 N–H and O–H groups in total. The quantitative estimate of drug-likeness (QED) is 0.648. The lowest BCUT2D eigenvalue weighted by Crippen LogP contribution is -2.41. The van der Waals surface area contributed by atoms with Gasteiger partial charge in [0, 0.05) is 16.9 Å². The van der Waals surface area contributed by atoms with Gasteiger partial charge in [0.2, 0.25) is 5.88 Å². The molecule has 1 unspecified atom stereocenters. The largest absolute Gasteiger partial charge is 0.598 e. The van der Waals surface area contributed by atoms with Crippen LogP contribution in [0.4, 0.5) is 4.39 Å². The summed E-state index contributed by atoms with van der Waals surface area (Å²) in [4.78, 5) is 3.90. The summed E-state index contributed by atoms with van der Waals surface area (Å²) in [5.41, 5.74) is 0.532. The molecule has 0 aromatic carbocycles. The van der Waals surface area contributed by atoms with E-state index in [1.807, 2.05) is 20.8 Å². The van der Waals surface area contributed by atoms with E-state index in [1.54, 1.807) is 6.08 Å². The van der Waals surface area contributed by atoms with Crippen molar-refractivity contribution in [3.63, 3.8) is 0 Å². The normalized spacial score (nSPS) is 14.7. The Hall–Kier alpha value is -1.11. The summed E-state index contributed by atoms with van der Waals surface area (Å²) in [6.45, 7) is 9.27. The van der Waals surface area contributed by atoms with Crippen LogP contribution in [0.5, 0.6) is 5.88 Å². The first kappa shape index (κ1) is 16.9. The van der Waals surface area contributed by atoms with E-state index in [-0.39, 0.29) is 6.04 Å². The predicted molar refractivity (Wildman–Crippen MR) is 79.3 cm³/mol. The number of nitrogens with one attached hydrogen (secondary N) is 1. The van der Waals surface area contributed by atoms with Gasteiger partial charge < -0.3 is 9.29 Å². The molecule has 112 valence electrons. The Balaban J connectivity index is 3.07. The fourth-order valence-corrected chi connectivity index (χ4v) is 2.41. The van der Waals surface area contributed by atoms with Crippen molar-refractivity contribution < 1.29 is 13.7 Å². The van der Waals surface area contributed by atoms with Crippen molar-refractivity contribution in [2.24, 2.45) is 0 Å². The number of methoxy groups -OCH3 is 1. The molecule has 4 nitrogen and oxygen atoms in total. The van der Waals surface area contributed by atoms with Crippen LogP contribution in [0, 0.1) is 5.82 Å². The Morgan fingerprint density at radius 2 is 2.25 bits per heavy atom. The highest BCUT2D eigenvalue weighted by Crippen LogP contribution is 2.28. The van der Waals surface area contributed by atoms with Crippen LogP contribution in [-0.2, 0) is 11.4 Å². The summed E-state index contributed by atoms with van der Waals surface area (Å²) >= 11 is -1.29. The van der Waals surface area contributed by atoms with Crippen LogP contribution in [0.3, 0.4) is 0 Å². The van der Waals surface area contributed by atoms with Gasteiger partial charge in [-0.3, -0.25) is 0 Å². The zero-order valence-corrected chi connectivity index (χ0v) is 13.1. The van der Waals surface area contributed by atoms with Gasteiger partial charge in [-0.15, -0.1) is 11.3 Å². The monoisotopic (exact) mass is 300 g/mol. The molecule has 0 bridgehead atoms. The van der Waals surface area contributed by atoms with E-state index >= 15 is 0 Å². The Morgan fingerprint density at radius 1 is 1.60 bits per heavy atom. The van der Waals surface area contributed by atoms with Gasteiger partial charge in [0.15, 0.2) is 0 Å². The molecule has 1 aromatic heterocycles. The lowest BCUT2D eigenvalue weighted by molar-refractivity contribution is 0.383. The number of ether oxygens (including phenoxy) is 1. The van der Waals surface area contributed by atoms with Crippen LogP contribution in [0.25, 0.3) is 0 Å². The second kappa shape index (κ2) is 7.06. The number of pyridine rings is 1. The maximum Gasteiger partial charge on any atom is 0.218 e. The molecule has 0 amide bonds. The van der Waals surface area contributed by atoms with Gasteiger partial charge in [-0.1, -0.05) is 6.08 Å². The topological polar surface area (TPSA) is 57.2 Å². The first-order valence-corrected chi connectivity index (χ1v) is 7.43. The minimum Gasteiger partial charge on any atom is -0.598 e. The number of nitrogens with zero attached hydrogens (tertiary/aromatic N) is 1. The van der Waals surface area contributed by atoms with Crippen molar-refractivity contribution in [3.8, 4) is 5.88 Å². The first-order valence-electron chi connectivity index (χ1n) is 6.28. The molecule has 1 rings (SSSR count). The third-order valence-electron chi connectivity index (χ3n) is 2.62. The molecule has 0 saturated heterocycles. The SMILES string of the molecule is C=CCC(N[S@@+]([O-])C(C)(C)C)c1cc(F)cnc1OC. The van der Waals surface area contributed by atoms with Gasteiger partial charge in [0.25, 0.3) is 0 Å². The van der Waals surface area contributed by atoms with E-state index in [1.165, 1.54) is 13.2 Å². The number of hydrogen-bond acceptors (Lipinski definition) is 4. The second-order valence-electron chi connectivity index (χ2n) is 5.33. The zero-order valence-electron chi connectivity index (χ0n) is 12.3. The summed E-state index contributed by atoms with van der Waals surface area (Å²) in [7, 11) is 1.47. The van der Waals surface area contributed by atoms with E-state index in [0.717, 1.165) is 6.20 Å². The van der Waals surface area contributed by atoms with Gasteiger partial charge in [0.05, 0.1) is 19.3 Å². The Morgan fingerprint density at radius 3 is 2.75 bits per heavy atom. The fraction of sp³-hybridized carbons (Fsp3) is 0.500. The molecule has 20 heavy (non-hydrogen) atoms. The number of rotatable bonds is 6. The lowest BCUT2D eigenvalue weighted by Gasteiger charge is -2.28. The summed E-state index contributed by atoms with van der Waals surface area (Å²) in [5.74, 6) is -0.144. The van der Waals surface area contributed by atoms with E-state index in [4.69, 9.17) is 4.74 Å². The van der Waals surface area contributed by atoms with Gasteiger partial charge in [-0.25, -0.2) is 9.37 Å². The van der Waals surface area contributed by atoms with E-state index < -0.39 is 21.9 Å². The third kappa shape index (κ3) is 4.47. The highest BCUT2D eigenvalue weighted by molar-refractivity contribution is 7.90. The van der Waals surface area contributed by atoms with Crippen LogP contribution in [0.2, 0.25) is 0 Å². The molecule has 1 aromatic rings. The fourth-order valence-electron chi connectivity index (χ4n) is 1.57. The van der Waals surface area contributed by atoms with E-state index in [9.17, 15) is 8.94 Å².